The lowest BCUT2D eigenvalue weighted by Crippen LogP contribution is -3.11. The number of likely N-dealkylation sites (N-methyl/N-ethyl adjacent to an activating group) is 1. The van der Waals surface area contributed by atoms with Crippen molar-refractivity contribution in [2.75, 3.05) is 32.4 Å². The van der Waals surface area contributed by atoms with E-state index in [2.05, 4.69) is 67.7 Å². The topological polar surface area (TPSA) is 71.8 Å². The Morgan fingerprint density at radius 2 is 1.77 bits per heavy atom. The fraction of sp³-hybridized carbons (Fsp3) is 0.304. The van der Waals surface area contributed by atoms with Crippen molar-refractivity contribution in [1.29, 1.82) is 0 Å². The van der Waals surface area contributed by atoms with Gasteiger partial charge in [-0.3, -0.25) is 5.73 Å². The minimum Gasteiger partial charge on any atom is -1.00 e. The van der Waals surface area contributed by atoms with Gasteiger partial charge in [0, 0.05) is 17.9 Å². The second-order valence-corrected chi connectivity index (χ2v) is 8.80. The lowest BCUT2D eigenvalue weighted by Gasteiger charge is -2.29. The predicted octanol–water partition coefficient (Wildman–Crippen LogP) is -4.65. The van der Waals surface area contributed by atoms with Crippen molar-refractivity contribution in [3.63, 3.8) is 0 Å². The van der Waals surface area contributed by atoms with Gasteiger partial charge in [-0.15, -0.1) is 4.68 Å². The van der Waals surface area contributed by atoms with Crippen LogP contribution in [0.5, 0.6) is 0 Å². The van der Waals surface area contributed by atoms with Gasteiger partial charge in [0.1, 0.15) is 18.2 Å². The number of benzene rings is 2. The maximum absolute atomic E-state index is 6.50. The van der Waals surface area contributed by atoms with Crippen LogP contribution in [0.15, 0.2) is 71.3 Å². The van der Waals surface area contributed by atoms with Gasteiger partial charge >= 0.3 is 5.17 Å². The highest BCUT2D eigenvalue weighted by molar-refractivity contribution is 8.13. The second-order valence-electron chi connectivity index (χ2n) is 7.69. The highest BCUT2D eigenvalue weighted by Gasteiger charge is 2.47. The fourth-order valence-electron chi connectivity index (χ4n) is 4.26. The number of quaternary nitrogens is 1. The van der Waals surface area contributed by atoms with Gasteiger partial charge in [-0.2, -0.15) is 0 Å². The predicted molar refractivity (Wildman–Crippen MR) is 122 cm³/mol. The number of hydrogen-bond acceptors (Lipinski definition) is 3. The molecule has 166 valence electrons. The van der Waals surface area contributed by atoms with Crippen LogP contribution in [0.25, 0.3) is 6.08 Å². The maximum atomic E-state index is 6.50. The van der Waals surface area contributed by atoms with Crippen LogP contribution in [0.4, 0.5) is 0 Å². The van der Waals surface area contributed by atoms with Crippen molar-refractivity contribution in [3.8, 4) is 0 Å². The average molecular weight is 478 g/mol. The van der Waals surface area contributed by atoms with Gasteiger partial charge in [0.25, 0.3) is 0 Å². The van der Waals surface area contributed by atoms with Gasteiger partial charge in [0.2, 0.25) is 0 Å². The SMILES string of the molecule is C[NH+]1C/C(=C\c2ccccc2)C2=N/[N+](=C(\N)SCCN)[C@H](c3ccccc3)[C@@H]2C1.[Cl-].[Cl-]. The first-order valence-electron chi connectivity index (χ1n) is 10.1. The summed E-state index contributed by atoms with van der Waals surface area (Å²) in [6.07, 6.45) is 2.28. The second kappa shape index (κ2) is 11.7. The van der Waals surface area contributed by atoms with Gasteiger partial charge in [-0.25, -0.2) is 0 Å². The zero-order valence-electron chi connectivity index (χ0n) is 17.5. The number of hydrogen-bond donors (Lipinski definition) is 3. The first-order chi connectivity index (χ1) is 14.2. The molecule has 2 aromatic rings. The third kappa shape index (κ3) is 5.70. The molecule has 5 N–H and O–H groups in total. The molecule has 3 atom stereocenters. The molecule has 31 heavy (non-hydrogen) atoms. The summed E-state index contributed by atoms with van der Waals surface area (Å²) < 4.78 is 2.03. The smallest absolute Gasteiger partial charge is 0.330 e. The highest BCUT2D eigenvalue weighted by Crippen LogP contribution is 2.36. The molecule has 8 heteroatoms. The normalized spacial score (nSPS) is 25.2. The van der Waals surface area contributed by atoms with E-state index in [1.54, 1.807) is 11.8 Å². The summed E-state index contributed by atoms with van der Waals surface area (Å²) in [5, 5.41) is 5.80. The summed E-state index contributed by atoms with van der Waals surface area (Å²) >= 11 is 1.59. The van der Waals surface area contributed by atoms with E-state index in [1.165, 1.54) is 27.3 Å². The molecule has 2 aromatic carbocycles. The number of nitrogens with zero attached hydrogens (tertiary/aromatic N) is 2. The Hall–Kier alpha value is -1.83. The Labute approximate surface area is 201 Å². The molecule has 2 heterocycles. The minimum absolute atomic E-state index is 0. The summed E-state index contributed by atoms with van der Waals surface area (Å²) in [6, 6.07) is 21.2. The van der Waals surface area contributed by atoms with E-state index in [9.17, 15) is 0 Å². The van der Waals surface area contributed by atoms with E-state index in [-0.39, 0.29) is 30.9 Å². The van der Waals surface area contributed by atoms with Gasteiger partial charge in [-0.1, -0.05) is 65.8 Å². The Bertz CT molecular complexity index is 947. The van der Waals surface area contributed by atoms with Crippen molar-refractivity contribution >= 4 is 28.7 Å². The summed E-state index contributed by atoms with van der Waals surface area (Å²) in [4.78, 5) is 1.49. The molecule has 0 amide bonds. The van der Waals surface area contributed by atoms with E-state index in [1.807, 2.05) is 10.8 Å². The molecule has 2 aliphatic rings. The van der Waals surface area contributed by atoms with Gasteiger partial charge in [0.05, 0.1) is 13.6 Å². The fourth-order valence-corrected chi connectivity index (χ4v) is 4.88. The largest absolute Gasteiger partial charge is 1.00 e. The zero-order valence-corrected chi connectivity index (χ0v) is 19.9. The standard InChI is InChI=1S/C23H27N5S.2ClH/c1-27-15-19(14-17-8-4-2-5-9-17)21-20(16-27)22(18-10-6-3-7-11-18)28(26-21)23(25)29-13-12-24;;/h2-11,14,20,22,25H,12-13,15-16,24H2,1H3;2*1H/b19-14+;;/t20-,22-;;/m1../s1. The molecule has 1 saturated heterocycles. The lowest BCUT2D eigenvalue weighted by molar-refractivity contribution is -0.879. The lowest BCUT2D eigenvalue weighted by atomic mass is 9.83. The Kier molecular flexibility index (Phi) is 9.59. The number of nitrogens with one attached hydrogen (secondary N) is 1. The number of fused-ring (bicyclic) bond motifs is 1. The molecule has 4 rings (SSSR count). The number of piperidine rings is 1. The molecule has 0 saturated carbocycles. The monoisotopic (exact) mass is 477 g/mol. The van der Waals surface area contributed by atoms with Gasteiger partial charge in [-0.05, 0) is 29.0 Å². The van der Waals surface area contributed by atoms with Crippen LogP contribution in [-0.2, 0) is 0 Å². The van der Waals surface area contributed by atoms with Crippen LogP contribution < -0.4 is 41.2 Å². The average Bonchev–Trinajstić information content (AvgIpc) is 3.13. The molecule has 0 spiro atoms. The Morgan fingerprint density at radius 1 is 1.13 bits per heavy atom. The van der Waals surface area contributed by atoms with Crippen molar-refractivity contribution in [2.45, 2.75) is 6.04 Å². The summed E-state index contributed by atoms with van der Waals surface area (Å²) in [7, 11) is 2.26. The molecule has 1 unspecified atom stereocenters. The third-order valence-electron chi connectivity index (χ3n) is 5.48. The first kappa shape index (κ1) is 25.4. The number of hydrazone groups is 1. The van der Waals surface area contributed by atoms with Gasteiger partial charge in [0.15, 0.2) is 6.04 Å². The zero-order chi connectivity index (χ0) is 20.2. The van der Waals surface area contributed by atoms with E-state index < -0.39 is 0 Å². The number of rotatable bonds is 4. The number of amidine groups is 1. The maximum Gasteiger partial charge on any atom is 0.330 e. The van der Waals surface area contributed by atoms with Crippen LogP contribution in [0, 0.1) is 5.92 Å². The number of thioether (sulfide) groups is 1. The molecule has 2 aliphatic heterocycles. The van der Waals surface area contributed by atoms with E-state index >= 15 is 0 Å². The van der Waals surface area contributed by atoms with Gasteiger partial charge < -0.3 is 35.4 Å². The minimum atomic E-state index is 0. The van der Waals surface area contributed by atoms with E-state index in [4.69, 9.17) is 16.6 Å². The molecule has 0 aromatic heterocycles. The summed E-state index contributed by atoms with van der Waals surface area (Å²) in [5.41, 5.74) is 17.1. The van der Waals surface area contributed by atoms with Crippen molar-refractivity contribution in [2.24, 2.45) is 22.5 Å². The Balaban J connectivity index is 0.00000171. The molecule has 1 fully saturated rings. The molecule has 5 nitrogen and oxygen atoms in total. The number of halogens is 2. The highest BCUT2D eigenvalue weighted by atomic mass is 35.5. The van der Waals surface area contributed by atoms with Crippen LogP contribution >= 0.6 is 11.8 Å². The summed E-state index contributed by atoms with van der Waals surface area (Å²) in [6.45, 7) is 2.60. The van der Waals surface area contributed by atoms with Crippen molar-refractivity contribution in [3.05, 3.63) is 77.4 Å². The number of nitrogens with two attached hydrogens (primary N) is 2. The first-order valence-corrected chi connectivity index (χ1v) is 11.1. The van der Waals surface area contributed by atoms with Crippen LogP contribution in [0.3, 0.4) is 0 Å². The number of likely N-dealkylation sites (tertiary alicyclic amines) is 1. The van der Waals surface area contributed by atoms with Crippen LogP contribution in [-0.4, -0.2) is 48.0 Å². The van der Waals surface area contributed by atoms with Crippen LogP contribution in [0.2, 0.25) is 0 Å². The van der Waals surface area contributed by atoms with Crippen LogP contribution in [0.1, 0.15) is 17.2 Å². The quantitative estimate of drug-likeness (QED) is 0.306. The van der Waals surface area contributed by atoms with Crippen molar-refractivity contribution < 1.29 is 34.4 Å². The Morgan fingerprint density at radius 3 is 2.42 bits per heavy atom. The van der Waals surface area contributed by atoms with Crippen molar-refractivity contribution in [1.82, 2.24) is 0 Å². The summed E-state index contributed by atoms with van der Waals surface area (Å²) in [5.74, 6) is 1.09. The van der Waals surface area contributed by atoms with E-state index in [0.717, 1.165) is 24.0 Å². The molecular weight excluding hydrogens is 449 g/mol. The molecule has 0 radical (unpaired) electrons. The molecule has 0 aliphatic carbocycles. The molecule has 0 bridgehead atoms. The molecular formula is C23H29Cl2N5S. The van der Waals surface area contributed by atoms with E-state index in [0.29, 0.717) is 12.5 Å². The third-order valence-corrected chi connectivity index (χ3v) is 6.40.